The molecule has 4 rings (SSSR count). The van der Waals surface area contributed by atoms with Crippen molar-refractivity contribution in [2.45, 2.75) is 20.0 Å². The van der Waals surface area contributed by atoms with Crippen LogP contribution < -0.4 is 15.0 Å². The first-order valence-corrected chi connectivity index (χ1v) is 11.2. The summed E-state index contributed by atoms with van der Waals surface area (Å²) in [6.07, 6.45) is 0.943. The number of ether oxygens (including phenoxy) is 1. The van der Waals surface area contributed by atoms with Gasteiger partial charge in [-0.1, -0.05) is 41.9 Å². The molecule has 0 radical (unpaired) electrons. The molecule has 1 aliphatic heterocycles. The van der Waals surface area contributed by atoms with E-state index in [0.29, 0.717) is 6.61 Å². The number of benzene rings is 3. The Labute approximate surface area is 194 Å². The van der Waals surface area contributed by atoms with Crippen molar-refractivity contribution >= 4 is 34.6 Å². The number of amides is 1. The van der Waals surface area contributed by atoms with Crippen molar-refractivity contribution in [2.24, 2.45) is 0 Å². The number of anilines is 3. The van der Waals surface area contributed by atoms with Gasteiger partial charge in [-0.2, -0.15) is 0 Å². The molecule has 0 saturated heterocycles. The molecule has 3 aromatic carbocycles. The van der Waals surface area contributed by atoms with E-state index in [-0.39, 0.29) is 5.91 Å². The fourth-order valence-electron chi connectivity index (χ4n) is 3.90. The Morgan fingerprint density at radius 3 is 2.62 bits per heavy atom. The monoisotopic (exact) mass is 449 g/mol. The molecule has 5 nitrogen and oxygen atoms in total. The molecule has 0 unspecified atom stereocenters. The van der Waals surface area contributed by atoms with Gasteiger partial charge in [0.2, 0.25) is 5.91 Å². The van der Waals surface area contributed by atoms with Crippen molar-refractivity contribution < 1.29 is 9.53 Å². The molecule has 0 saturated carbocycles. The van der Waals surface area contributed by atoms with Crippen LogP contribution in [-0.4, -0.2) is 37.5 Å². The van der Waals surface area contributed by atoms with Crippen molar-refractivity contribution in [3.8, 4) is 5.75 Å². The highest BCUT2D eigenvalue weighted by atomic mass is 35.5. The van der Waals surface area contributed by atoms with Crippen LogP contribution in [0.25, 0.3) is 0 Å². The zero-order chi connectivity index (χ0) is 22.5. The van der Waals surface area contributed by atoms with Crippen LogP contribution >= 0.6 is 11.6 Å². The lowest BCUT2D eigenvalue weighted by molar-refractivity contribution is -0.114. The number of hydrogen-bond donors (Lipinski definition) is 1. The van der Waals surface area contributed by atoms with E-state index >= 15 is 0 Å². The largest absolute Gasteiger partial charge is 0.487 e. The third-order valence-electron chi connectivity index (χ3n) is 5.64. The van der Waals surface area contributed by atoms with Crippen LogP contribution in [0.15, 0.2) is 66.7 Å². The van der Waals surface area contributed by atoms with E-state index in [4.69, 9.17) is 16.3 Å². The zero-order valence-corrected chi connectivity index (χ0v) is 19.2. The van der Waals surface area contributed by atoms with Gasteiger partial charge < -0.3 is 19.9 Å². The van der Waals surface area contributed by atoms with E-state index in [0.717, 1.165) is 59.5 Å². The topological polar surface area (TPSA) is 44.8 Å². The van der Waals surface area contributed by atoms with Gasteiger partial charge in [0.05, 0.1) is 5.69 Å². The summed E-state index contributed by atoms with van der Waals surface area (Å²) in [6, 6.07) is 22.2. The molecule has 3 aromatic rings. The minimum Gasteiger partial charge on any atom is -0.487 e. The van der Waals surface area contributed by atoms with Crippen LogP contribution in [0.2, 0.25) is 5.02 Å². The van der Waals surface area contributed by atoms with E-state index in [9.17, 15) is 4.79 Å². The molecule has 1 aliphatic rings. The quantitative estimate of drug-likeness (QED) is 0.517. The Bertz CT molecular complexity index is 1080. The van der Waals surface area contributed by atoms with E-state index in [1.807, 2.05) is 48.5 Å². The van der Waals surface area contributed by atoms with E-state index in [1.165, 1.54) is 12.5 Å². The highest BCUT2D eigenvalue weighted by Gasteiger charge is 2.22. The van der Waals surface area contributed by atoms with Crippen molar-refractivity contribution in [1.29, 1.82) is 0 Å². The summed E-state index contributed by atoms with van der Waals surface area (Å²) in [5.41, 5.74) is 5.37. The summed E-state index contributed by atoms with van der Waals surface area (Å²) < 4.78 is 6.07. The van der Waals surface area contributed by atoms with Crippen LogP contribution in [-0.2, 0) is 17.8 Å². The van der Waals surface area contributed by atoms with Gasteiger partial charge in [-0.15, -0.1) is 0 Å². The second-order valence-electron chi connectivity index (χ2n) is 8.11. The smallest absolute Gasteiger partial charge is 0.221 e. The Morgan fingerprint density at radius 2 is 1.84 bits per heavy atom. The second kappa shape index (κ2) is 10.1. The Hall–Kier alpha value is -3.02. The number of halogens is 1. The molecule has 6 heteroatoms. The van der Waals surface area contributed by atoms with Crippen LogP contribution in [0.1, 0.15) is 18.1 Å². The Kier molecular flexibility index (Phi) is 6.98. The van der Waals surface area contributed by atoms with Gasteiger partial charge in [0.25, 0.3) is 0 Å². The van der Waals surface area contributed by atoms with Gasteiger partial charge in [-0.05, 0) is 55.4 Å². The summed E-state index contributed by atoms with van der Waals surface area (Å²) >= 11 is 6.34. The van der Waals surface area contributed by atoms with E-state index in [2.05, 4.69) is 40.4 Å². The van der Waals surface area contributed by atoms with Crippen molar-refractivity contribution in [2.75, 3.05) is 36.9 Å². The fourth-order valence-corrected chi connectivity index (χ4v) is 4.07. The number of rotatable bonds is 7. The summed E-state index contributed by atoms with van der Waals surface area (Å²) in [4.78, 5) is 15.8. The van der Waals surface area contributed by atoms with Gasteiger partial charge in [-0.3, -0.25) is 4.79 Å². The molecule has 0 fully saturated rings. The number of fused-ring (bicyclic) bond motifs is 2. The maximum atomic E-state index is 11.2. The van der Waals surface area contributed by atoms with Crippen molar-refractivity contribution in [3.63, 3.8) is 0 Å². The van der Waals surface area contributed by atoms with Crippen LogP contribution in [0.5, 0.6) is 5.75 Å². The number of carbonyl (C=O) groups is 1. The highest BCUT2D eigenvalue weighted by molar-refractivity contribution is 6.30. The molecule has 1 N–H and O–H groups in total. The lowest BCUT2D eigenvalue weighted by atomic mass is 10.1. The zero-order valence-electron chi connectivity index (χ0n) is 18.5. The van der Waals surface area contributed by atoms with Gasteiger partial charge in [0.15, 0.2) is 0 Å². The molecule has 0 aromatic heterocycles. The number of para-hydroxylation sites is 2. The highest BCUT2D eigenvalue weighted by Crippen LogP contribution is 2.40. The molecular formula is C26H28ClN3O2. The summed E-state index contributed by atoms with van der Waals surface area (Å²) in [5.74, 6) is 0.836. The SMILES string of the molecule is CC(=O)Nc1ccc(CCN(C)CCN2c3cc(Cl)ccc3COc3ccccc32)cc1. The fraction of sp³-hybridized carbons (Fsp3) is 0.269. The Morgan fingerprint density at radius 1 is 1.06 bits per heavy atom. The lowest BCUT2D eigenvalue weighted by Gasteiger charge is -2.28. The molecule has 0 aliphatic carbocycles. The van der Waals surface area contributed by atoms with Crippen LogP contribution in [0.3, 0.4) is 0 Å². The standard InChI is InChI=1S/C26H28ClN3O2/c1-19(31)28-23-11-7-20(8-12-23)13-14-29(2)15-16-30-24-5-3-4-6-26(24)32-18-21-9-10-22(27)17-25(21)30/h3-12,17H,13-16,18H2,1-2H3,(H,28,31). The molecule has 166 valence electrons. The van der Waals surface area contributed by atoms with Crippen molar-refractivity contribution in [1.82, 2.24) is 4.90 Å². The predicted molar refractivity (Wildman–Crippen MR) is 131 cm³/mol. The minimum atomic E-state index is -0.0548. The third kappa shape index (κ3) is 5.42. The van der Waals surface area contributed by atoms with Gasteiger partial charge >= 0.3 is 0 Å². The second-order valence-corrected chi connectivity index (χ2v) is 8.55. The summed E-state index contributed by atoms with van der Waals surface area (Å²) in [7, 11) is 2.14. The normalized spacial score (nSPS) is 12.6. The van der Waals surface area contributed by atoms with E-state index < -0.39 is 0 Å². The average molecular weight is 450 g/mol. The maximum Gasteiger partial charge on any atom is 0.221 e. The molecular weight excluding hydrogens is 422 g/mol. The first-order chi connectivity index (χ1) is 15.5. The van der Waals surface area contributed by atoms with Crippen LogP contribution in [0, 0.1) is 0 Å². The summed E-state index contributed by atoms with van der Waals surface area (Å²) in [5, 5.41) is 3.53. The maximum absolute atomic E-state index is 11.2. The molecule has 0 atom stereocenters. The number of nitrogens with one attached hydrogen (secondary N) is 1. The minimum absolute atomic E-state index is 0.0548. The van der Waals surface area contributed by atoms with Gasteiger partial charge in [0.1, 0.15) is 12.4 Å². The van der Waals surface area contributed by atoms with Crippen molar-refractivity contribution in [3.05, 3.63) is 82.9 Å². The number of nitrogens with zero attached hydrogens (tertiary/aromatic N) is 2. The third-order valence-corrected chi connectivity index (χ3v) is 5.87. The first-order valence-electron chi connectivity index (χ1n) is 10.8. The first kappa shape index (κ1) is 22.2. The predicted octanol–water partition coefficient (Wildman–Crippen LogP) is 5.50. The summed E-state index contributed by atoms with van der Waals surface area (Å²) in [6.45, 7) is 4.71. The number of hydrogen-bond acceptors (Lipinski definition) is 4. The molecule has 1 amide bonds. The van der Waals surface area contributed by atoms with Gasteiger partial charge in [-0.25, -0.2) is 0 Å². The Balaban J connectivity index is 1.42. The molecule has 0 bridgehead atoms. The number of carbonyl (C=O) groups excluding carboxylic acids is 1. The molecule has 1 heterocycles. The number of likely N-dealkylation sites (N-methyl/N-ethyl adjacent to an activating group) is 1. The molecule has 0 spiro atoms. The lowest BCUT2D eigenvalue weighted by Crippen LogP contribution is -2.32. The van der Waals surface area contributed by atoms with Crippen LogP contribution in [0.4, 0.5) is 17.1 Å². The average Bonchev–Trinajstić information content (AvgIpc) is 2.93. The van der Waals surface area contributed by atoms with E-state index in [1.54, 1.807) is 0 Å². The van der Waals surface area contributed by atoms with Gasteiger partial charge in [0, 0.05) is 48.5 Å². The molecule has 32 heavy (non-hydrogen) atoms.